The van der Waals surface area contributed by atoms with E-state index in [0.717, 1.165) is 37.4 Å². The summed E-state index contributed by atoms with van der Waals surface area (Å²) in [7, 11) is 0. The van der Waals surface area contributed by atoms with Crippen molar-refractivity contribution in [2.45, 2.75) is 38.8 Å². The van der Waals surface area contributed by atoms with Gasteiger partial charge in [0.1, 0.15) is 12.4 Å². The summed E-state index contributed by atoms with van der Waals surface area (Å²) < 4.78 is 5.57. The van der Waals surface area contributed by atoms with Crippen molar-refractivity contribution in [2.75, 3.05) is 25.1 Å². The number of benzene rings is 1. The number of aliphatic hydroxyl groups is 1. The Morgan fingerprint density at radius 1 is 1.47 bits per heavy atom. The first-order valence-electron chi connectivity index (χ1n) is 7.09. The summed E-state index contributed by atoms with van der Waals surface area (Å²) in [6.45, 7) is 6.04. The minimum Gasteiger partial charge on any atom is -0.490 e. The lowest BCUT2D eigenvalue weighted by molar-refractivity contribution is 0.229. The van der Waals surface area contributed by atoms with E-state index in [9.17, 15) is 5.11 Å². The van der Waals surface area contributed by atoms with Crippen LogP contribution in [0.25, 0.3) is 0 Å². The average molecular weight is 264 g/mol. The molecule has 0 spiro atoms. The van der Waals surface area contributed by atoms with Crippen LogP contribution in [-0.2, 0) is 6.42 Å². The van der Waals surface area contributed by atoms with E-state index in [2.05, 4.69) is 36.6 Å². The van der Waals surface area contributed by atoms with Crippen molar-refractivity contribution in [2.24, 2.45) is 0 Å². The number of hydrogen-bond acceptors (Lipinski definition) is 4. The predicted octanol–water partition coefficient (Wildman–Crippen LogP) is 1.78. The van der Waals surface area contributed by atoms with Crippen molar-refractivity contribution >= 4 is 5.69 Å². The van der Waals surface area contributed by atoms with Gasteiger partial charge < -0.3 is 20.5 Å². The Balaban J connectivity index is 1.95. The SMILES string of the molecule is CCC(CO)NC(C)Cc1ccc2c(c1)NCCO2. The monoisotopic (exact) mass is 264 g/mol. The third kappa shape index (κ3) is 3.85. The summed E-state index contributed by atoms with van der Waals surface area (Å²) in [4.78, 5) is 0. The second-order valence-corrected chi connectivity index (χ2v) is 5.17. The van der Waals surface area contributed by atoms with E-state index in [1.54, 1.807) is 0 Å². The fraction of sp³-hybridized carbons (Fsp3) is 0.600. The third-order valence-corrected chi connectivity index (χ3v) is 3.49. The number of anilines is 1. The maximum absolute atomic E-state index is 9.21. The van der Waals surface area contributed by atoms with Gasteiger partial charge >= 0.3 is 0 Å². The Hall–Kier alpha value is -1.26. The molecule has 0 saturated heterocycles. The van der Waals surface area contributed by atoms with Crippen molar-refractivity contribution in [3.8, 4) is 5.75 Å². The normalized spacial score (nSPS) is 17.0. The fourth-order valence-corrected chi connectivity index (χ4v) is 2.43. The Morgan fingerprint density at radius 2 is 2.32 bits per heavy atom. The van der Waals surface area contributed by atoms with Crippen LogP contribution in [0.1, 0.15) is 25.8 Å². The molecule has 0 aliphatic carbocycles. The van der Waals surface area contributed by atoms with Crippen molar-refractivity contribution < 1.29 is 9.84 Å². The Bertz CT molecular complexity index is 405. The zero-order valence-electron chi connectivity index (χ0n) is 11.8. The van der Waals surface area contributed by atoms with E-state index in [1.807, 2.05) is 6.07 Å². The first kappa shape index (κ1) is 14.2. The van der Waals surface area contributed by atoms with Gasteiger partial charge in [-0.1, -0.05) is 13.0 Å². The van der Waals surface area contributed by atoms with Gasteiger partial charge in [0.05, 0.1) is 12.3 Å². The van der Waals surface area contributed by atoms with Gasteiger partial charge in [-0.05, 0) is 37.5 Å². The Morgan fingerprint density at radius 3 is 3.05 bits per heavy atom. The van der Waals surface area contributed by atoms with Crippen LogP contribution >= 0.6 is 0 Å². The van der Waals surface area contributed by atoms with E-state index in [-0.39, 0.29) is 12.6 Å². The van der Waals surface area contributed by atoms with Crippen molar-refractivity contribution in [3.05, 3.63) is 23.8 Å². The van der Waals surface area contributed by atoms with Crippen molar-refractivity contribution in [1.29, 1.82) is 0 Å². The first-order chi connectivity index (χ1) is 9.22. The molecule has 106 valence electrons. The summed E-state index contributed by atoms with van der Waals surface area (Å²) in [5.74, 6) is 0.942. The van der Waals surface area contributed by atoms with Crippen LogP contribution in [-0.4, -0.2) is 36.9 Å². The van der Waals surface area contributed by atoms with Gasteiger partial charge in [0, 0.05) is 18.6 Å². The van der Waals surface area contributed by atoms with Crippen LogP contribution in [0, 0.1) is 0 Å². The summed E-state index contributed by atoms with van der Waals surface area (Å²) >= 11 is 0. The Labute approximate surface area is 115 Å². The molecule has 2 atom stereocenters. The molecule has 1 aromatic carbocycles. The van der Waals surface area contributed by atoms with Gasteiger partial charge in [0.15, 0.2) is 0 Å². The highest BCUT2D eigenvalue weighted by Gasteiger charge is 2.13. The van der Waals surface area contributed by atoms with E-state index < -0.39 is 0 Å². The second kappa shape index (κ2) is 6.78. The minimum absolute atomic E-state index is 0.189. The number of aliphatic hydroxyl groups excluding tert-OH is 1. The lowest BCUT2D eigenvalue weighted by Gasteiger charge is -2.22. The van der Waals surface area contributed by atoms with Crippen LogP contribution in [0.15, 0.2) is 18.2 Å². The highest BCUT2D eigenvalue weighted by atomic mass is 16.5. The number of nitrogens with one attached hydrogen (secondary N) is 2. The molecular formula is C15H24N2O2. The third-order valence-electron chi connectivity index (χ3n) is 3.49. The van der Waals surface area contributed by atoms with Crippen LogP contribution in [0.5, 0.6) is 5.75 Å². The largest absolute Gasteiger partial charge is 0.490 e. The van der Waals surface area contributed by atoms with Gasteiger partial charge in [-0.15, -0.1) is 0 Å². The Kier molecular flexibility index (Phi) is 5.05. The molecule has 4 nitrogen and oxygen atoms in total. The van der Waals surface area contributed by atoms with Crippen LogP contribution in [0.3, 0.4) is 0 Å². The molecule has 1 heterocycles. The van der Waals surface area contributed by atoms with Gasteiger partial charge in [-0.3, -0.25) is 0 Å². The van der Waals surface area contributed by atoms with Crippen LogP contribution in [0.2, 0.25) is 0 Å². The quantitative estimate of drug-likeness (QED) is 0.733. The van der Waals surface area contributed by atoms with Crippen molar-refractivity contribution in [3.63, 3.8) is 0 Å². The highest BCUT2D eigenvalue weighted by molar-refractivity contribution is 5.59. The molecule has 2 unspecified atom stereocenters. The molecule has 4 heteroatoms. The van der Waals surface area contributed by atoms with E-state index in [0.29, 0.717) is 6.04 Å². The predicted molar refractivity (Wildman–Crippen MR) is 77.9 cm³/mol. The zero-order chi connectivity index (χ0) is 13.7. The van der Waals surface area contributed by atoms with Crippen molar-refractivity contribution in [1.82, 2.24) is 5.32 Å². The molecule has 0 amide bonds. The highest BCUT2D eigenvalue weighted by Crippen LogP contribution is 2.28. The zero-order valence-corrected chi connectivity index (χ0v) is 11.8. The maximum atomic E-state index is 9.21. The smallest absolute Gasteiger partial charge is 0.142 e. The number of fused-ring (bicyclic) bond motifs is 1. The number of ether oxygens (including phenoxy) is 1. The summed E-state index contributed by atoms with van der Waals surface area (Å²) in [6, 6.07) is 6.84. The summed E-state index contributed by atoms with van der Waals surface area (Å²) in [5, 5.41) is 16.0. The fourth-order valence-electron chi connectivity index (χ4n) is 2.43. The second-order valence-electron chi connectivity index (χ2n) is 5.17. The summed E-state index contributed by atoms with van der Waals surface area (Å²) in [5.41, 5.74) is 2.37. The van der Waals surface area contributed by atoms with E-state index >= 15 is 0 Å². The molecule has 19 heavy (non-hydrogen) atoms. The number of hydrogen-bond donors (Lipinski definition) is 3. The molecule has 0 saturated carbocycles. The van der Waals surface area contributed by atoms with Gasteiger partial charge in [0.2, 0.25) is 0 Å². The molecule has 1 aliphatic rings. The standard InChI is InChI=1S/C15H24N2O2/c1-3-13(10-18)17-11(2)8-12-4-5-15-14(9-12)16-6-7-19-15/h4-5,9,11,13,16-18H,3,6-8,10H2,1-2H3. The molecule has 0 bridgehead atoms. The van der Waals surface area contributed by atoms with Gasteiger partial charge in [0.25, 0.3) is 0 Å². The summed E-state index contributed by atoms with van der Waals surface area (Å²) in [6.07, 6.45) is 1.89. The van der Waals surface area contributed by atoms with Gasteiger partial charge in [-0.25, -0.2) is 0 Å². The topological polar surface area (TPSA) is 53.5 Å². The minimum atomic E-state index is 0.189. The first-order valence-corrected chi connectivity index (χ1v) is 7.09. The van der Waals surface area contributed by atoms with Crippen LogP contribution in [0.4, 0.5) is 5.69 Å². The molecule has 2 rings (SSSR count). The molecular weight excluding hydrogens is 240 g/mol. The number of rotatable bonds is 6. The molecule has 0 radical (unpaired) electrons. The molecule has 3 N–H and O–H groups in total. The van der Waals surface area contributed by atoms with Crippen LogP contribution < -0.4 is 15.4 Å². The van der Waals surface area contributed by atoms with E-state index in [4.69, 9.17) is 4.74 Å². The van der Waals surface area contributed by atoms with Gasteiger partial charge in [-0.2, -0.15) is 0 Å². The molecule has 0 aromatic heterocycles. The lowest BCUT2D eigenvalue weighted by atomic mass is 10.0. The maximum Gasteiger partial charge on any atom is 0.142 e. The molecule has 1 aromatic rings. The lowest BCUT2D eigenvalue weighted by Crippen LogP contribution is -2.39. The molecule has 1 aliphatic heterocycles. The van der Waals surface area contributed by atoms with E-state index in [1.165, 1.54) is 5.56 Å². The average Bonchev–Trinajstić information content (AvgIpc) is 2.44. The molecule has 0 fully saturated rings.